The van der Waals surface area contributed by atoms with Crippen molar-refractivity contribution in [2.75, 3.05) is 4.31 Å². The molecular formula is C30H24N8O3S. The van der Waals surface area contributed by atoms with Gasteiger partial charge in [-0.3, -0.25) is 19.5 Å². The number of carbonyl (C=O) groups excluding carboxylic acids is 1. The number of aromatic nitrogens is 5. The van der Waals surface area contributed by atoms with Gasteiger partial charge in [-0.1, -0.05) is 78.0 Å². The van der Waals surface area contributed by atoms with Crippen molar-refractivity contribution in [3.63, 3.8) is 0 Å². The second kappa shape index (κ2) is 10.8. The Morgan fingerprint density at radius 2 is 1.64 bits per heavy atom. The fourth-order valence-electron chi connectivity index (χ4n) is 4.92. The number of amidine groups is 1. The standard InChI is InChI=1S/C30H24N8O3S/c31-30(32)21-14-12-19(13-15-21)17-26(39)24-9-2-8-23-22(24)7-3-10-25(23)38(18-28-34-36-37-35-28)42(40,41)27-11-1-5-20-6-4-16-33-29(20)27/h1-16H,17-18H2,(H3,31,32)(H,34,35,36,37). The Labute approximate surface area is 240 Å². The number of fused-ring (bicyclic) bond motifs is 2. The number of benzene rings is 4. The molecule has 0 fully saturated rings. The molecule has 11 nitrogen and oxygen atoms in total. The van der Waals surface area contributed by atoms with Crippen molar-refractivity contribution in [1.29, 1.82) is 5.41 Å². The third-order valence-corrected chi connectivity index (χ3v) is 8.73. The van der Waals surface area contributed by atoms with Crippen molar-refractivity contribution in [1.82, 2.24) is 25.6 Å². The van der Waals surface area contributed by atoms with Crippen LogP contribution in [0, 0.1) is 5.41 Å². The van der Waals surface area contributed by atoms with E-state index in [0.717, 1.165) is 5.56 Å². The third-order valence-electron chi connectivity index (χ3n) is 6.94. The van der Waals surface area contributed by atoms with Gasteiger partial charge in [-0.25, -0.2) is 8.42 Å². The number of nitrogens with zero attached hydrogens (tertiary/aromatic N) is 5. The van der Waals surface area contributed by atoms with Gasteiger partial charge in [0.1, 0.15) is 10.7 Å². The quantitative estimate of drug-likeness (QED) is 0.132. The molecule has 0 atom stereocenters. The number of hydrogen-bond donors (Lipinski definition) is 3. The molecule has 42 heavy (non-hydrogen) atoms. The number of nitrogens with one attached hydrogen (secondary N) is 2. The van der Waals surface area contributed by atoms with E-state index in [0.29, 0.717) is 38.5 Å². The Bertz CT molecular complexity index is 2060. The smallest absolute Gasteiger partial charge is 0.266 e. The number of tetrazole rings is 1. The van der Waals surface area contributed by atoms with Crippen LogP contribution in [-0.4, -0.2) is 45.6 Å². The van der Waals surface area contributed by atoms with Crippen molar-refractivity contribution < 1.29 is 13.2 Å². The molecular weight excluding hydrogens is 552 g/mol. The van der Waals surface area contributed by atoms with Crippen molar-refractivity contribution in [3.05, 3.63) is 120 Å². The maximum Gasteiger partial charge on any atom is 0.266 e. The first-order valence-corrected chi connectivity index (χ1v) is 14.3. The summed E-state index contributed by atoms with van der Waals surface area (Å²) in [6.45, 7) is -0.207. The maximum absolute atomic E-state index is 14.4. The van der Waals surface area contributed by atoms with Crippen LogP contribution in [0.1, 0.15) is 27.3 Å². The predicted octanol–water partition coefficient (Wildman–Crippen LogP) is 4.01. The molecule has 4 N–H and O–H groups in total. The highest BCUT2D eigenvalue weighted by Crippen LogP contribution is 2.35. The fraction of sp³-hybridized carbons (Fsp3) is 0.0667. The lowest BCUT2D eigenvalue weighted by atomic mass is 9.96. The molecule has 0 aliphatic rings. The number of aromatic amines is 1. The summed E-state index contributed by atoms with van der Waals surface area (Å²) in [7, 11) is -4.20. The Morgan fingerprint density at radius 1 is 0.905 bits per heavy atom. The van der Waals surface area contributed by atoms with Crippen LogP contribution < -0.4 is 10.0 Å². The highest BCUT2D eigenvalue weighted by atomic mass is 32.2. The van der Waals surface area contributed by atoms with E-state index in [-0.39, 0.29) is 35.3 Å². The van der Waals surface area contributed by atoms with Crippen LogP contribution in [0.25, 0.3) is 21.7 Å². The molecule has 4 aromatic carbocycles. The van der Waals surface area contributed by atoms with E-state index in [1.807, 2.05) is 0 Å². The number of H-pyrrole nitrogens is 1. The van der Waals surface area contributed by atoms with Crippen LogP contribution in [0.5, 0.6) is 0 Å². The number of pyridine rings is 1. The molecule has 0 spiro atoms. The molecule has 6 rings (SSSR count). The molecule has 12 heteroatoms. The van der Waals surface area contributed by atoms with Gasteiger partial charge in [0.2, 0.25) is 0 Å². The molecule has 0 radical (unpaired) electrons. The summed E-state index contributed by atoms with van der Waals surface area (Å²) in [4.78, 5) is 17.9. The summed E-state index contributed by atoms with van der Waals surface area (Å²) in [5, 5.41) is 23.4. The van der Waals surface area contributed by atoms with E-state index in [4.69, 9.17) is 11.1 Å². The number of nitrogen functional groups attached to an aromatic ring is 1. The average molecular weight is 577 g/mol. The minimum Gasteiger partial charge on any atom is -0.384 e. The van der Waals surface area contributed by atoms with Gasteiger partial charge in [-0.15, -0.1) is 10.2 Å². The molecule has 0 aliphatic heterocycles. The van der Waals surface area contributed by atoms with Crippen LogP contribution in [0.4, 0.5) is 5.69 Å². The minimum absolute atomic E-state index is 0.0299. The molecule has 0 unspecified atom stereocenters. The Kier molecular flexibility index (Phi) is 6.88. The first-order chi connectivity index (χ1) is 20.3. The summed E-state index contributed by atoms with van der Waals surface area (Å²) in [5.74, 6) is -0.0155. The third kappa shape index (κ3) is 4.95. The van der Waals surface area contributed by atoms with Crippen molar-refractivity contribution in [3.8, 4) is 0 Å². The first kappa shape index (κ1) is 26.7. The highest BCUT2D eigenvalue weighted by Gasteiger charge is 2.30. The zero-order valence-electron chi connectivity index (χ0n) is 22.1. The molecule has 2 heterocycles. The number of carbonyl (C=O) groups is 1. The SMILES string of the molecule is N=C(N)c1ccc(CC(=O)c2cccc3c(N(Cc4nn[nH]n4)S(=O)(=O)c4cccc5cccnc45)cccc23)cc1. The second-order valence-electron chi connectivity index (χ2n) is 9.56. The van der Waals surface area contributed by atoms with E-state index in [1.54, 1.807) is 91.1 Å². The van der Waals surface area contributed by atoms with Crippen molar-refractivity contribution >= 4 is 49.0 Å². The van der Waals surface area contributed by atoms with Gasteiger partial charge in [-0.05, 0) is 29.1 Å². The molecule has 0 saturated carbocycles. The number of anilines is 1. The topological polar surface area (TPSA) is 172 Å². The second-order valence-corrected chi connectivity index (χ2v) is 11.4. The molecule has 0 bridgehead atoms. The summed E-state index contributed by atoms with van der Waals surface area (Å²) < 4.78 is 29.9. The van der Waals surface area contributed by atoms with E-state index >= 15 is 0 Å². The molecule has 208 valence electrons. The van der Waals surface area contributed by atoms with Gasteiger partial charge in [0.15, 0.2) is 11.6 Å². The van der Waals surface area contributed by atoms with Crippen LogP contribution >= 0.6 is 0 Å². The van der Waals surface area contributed by atoms with Crippen molar-refractivity contribution in [2.24, 2.45) is 5.73 Å². The van der Waals surface area contributed by atoms with Crippen LogP contribution in [0.3, 0.4) is 0 Å². The van der Waals surface area contributed by atoms with E-state index in [1.165, 1.54) is 10.4 Å². The van der Waals surface area contributed by atoms with Gasteiger partial charge in [0, 0.05) is 34.5 Å². The molecule has 6 aromatic rings. The number of sulfonamides is 1. The van der Waals surface area contributed by atoms with E-state index in [2.05, 4.69) is 25.6 Å². The Morgan fingerprint density at radius 3 is 2.40 bits per heavy atom. The monoisotopic (exact) mass is 576 g/mol. The summed E-state index contributed by atoms with van der Waals surface area (Å²) in [5.41, 5.74) is 8.03. The van der Waals surface area contributed by atoms with E-state index in [9.17, 15) is 13.2 Å². The Balaban J connectivity index is 1.46. The van der Waals surface area contributed by atoms with Crippen LogP contribution in [0.15, 0.2) is 102 Å². The number of Topliss-reactive ketones (excluding diaryl/α,β-unsaturated/α-hetero) is 1. The number of rotatable bonds is 9. The van der Waals surface area contributed by atoms with Gasteiger partial charge in [-0.2, -0.15) is 5.21 Å². The lowest BCUT2D eigenvalue weighted by Crippen LogP contribution is -2.31. The van der Waals surface area contributed by atoms with Gasteiger partial charge >= 0.3 is 0 Å². The predicted molar refractivity (Wildman–Crippen MR) is 159 cm³/mol. The first-order valence-electron chi connectivity index (χ1n) is 12.9. The van der Waals surface area contributed by atoms with Gasteiger partial charge in [0.25, 0.3) is 10.0 Å². The normalized spacial score (nSPS) is 11.5. The molecule has 0 saturated heterocycles. The highest BCUT2D eigenvalue weighted by molar-refractivity contribution is 7.93. The number of nitrogens with two attached hydrogens (primary N) is 1. The number of ketones is 1. The van der Waals surface area contributed by atoms with E-state index < -0.39 is 10.0 Å². The zero-order valence-corrected chi connectivity index (χ0v) is 22.9. The zero-order chi connectivity index (χ0) is 29.3. The number of hydrogen-bond acceptors (Lipinski definition) is 8. The maximum atomic E-state index is 14.4. The molecule has 0 amide bonds. The summed E-state index contributed by atoms with van der Waals surface area (Å²) in [6.07, 6.45) is 1.67. The van der Waals surface area contributed by atoms with Crippen molar-refractivity contribution in [2.45, 2.75) is 17.9 Å². The average Bonchev–Trinajstić information content (AvgIpc) is 3.53. The van der Waals surface area contributed by atoms with Gasteiger partial charge in [0.05, 0.1) is 17.7 Å². The fourth-order valence-corrected chi connectivity index (χ4v) is 6.52. The lowest BCUT2D eigenvalue weighted by Gasteiger charge is -2.25. The Hall–Kier alpha value is -5.49. The summed E-state index contributed by atoms with van der Waals surface area (Å²) in [6, 6.07) is 25.9. The summed E-state index contributed by atoms with van der Waals surface area (Å²) >= 11 is 0. The molecule has 2 aromatic heterocycles. The molecule has 0 aliphatic carbocycles. The van der Waals surface area contributed by atoms with Gasteiger partial charge < -0.3 is 5.73 Å². The largest absolute Gasteiger partial charge is 0.384 e. The van der Waals surface area contributed by atoms with Crippen LogP contribution in [-0.2, 0) is 23.0 Å². The van der Waals surface area contributed by atoms with Crippen LogP contribution in [0.2, 0.25) is 0 Å². The minimum atomic E-state index is -4.20. The lowest BCUT2D eigenvalue weighted by molar-refractivity contribution is 0.0994. The number of para-hydroxylation sites is 1.